The Morgan fingerprint density at radius 1 is 0.925 bits per heavy atom. The number of methoxy groups -OCH3 is 1. The number of piperazine rings is 1. The molecule has 282 valence electrons. The minimum absolute atomic E-state index is 0.0661. The number of rotatable bonds is 13. The molecule has 1 aromatic heterocycles. The van der Waals surface area contributed by atoms with Crippen molar-refractivity contribution < 1.29 is 24.5 Å². The normalized spacial score (nSPS) is 17.2. The number of ether oxygens (including phenoxy) is 1. The second-order valence-corrected chi connectivity index (χ2v) is 14.7. The molecular weight excluding hydrogens is 719 g/mol. The monoisotopic (exact) mass is 764 g/mol. The molecule has 1 unspecified atom stereocenters. The summed E-state index contributed by atoms with van der Waals surface area (Å²) in [6.07, 6.45) is 2.17. The zero-order valence-corrected chi connectivity index (χ0v) is 31.5. The second kappa shape index (κ2) is 17.4. The maximum Gasteiger partial charge on any atom is 0.257 e. The van der Waals surface area contributed by atoms with Crippen molar-refractivity contribution >= 4 is 35.0 Å². The number of aromatic nitrogens is 4. The van der Waals surface area contributed by atoms with Crippen LogP contribution in [-0.4, -0.2) is 141 Å². The predicted octanol–water partition coefficient (Wildman–Crippen LogP) is 3.71. The van der Waals surface area contributed by atoms with Gasteiger partial charge in [0.25, 0.3) is 5.91 Å². The van der Waals surface area contributed by atoms with Gasteiger partial charge < -0.3 is 29.6 Å². The molecule has 15 heteroatoms. The fourth-order valence-electron chi connectivity index (χ4n) is 7.58. The first-order valence-electron chi connectivity index (χ1n) is 17.9. The zero-order valence-electron chi connectivity index (χ0n) is 30.0. The first-order valence-corrected chi connectivity index (χ1v) is 18.6. The van der Waals surface area contributed by atoms with Crippen LogP contribution in [0.15, 0.2) is 73.1 Å². The molecule has 53 heavy (non-hydrogen) atoms. The van der Waals surface area contributed by atoms with Gasteiger partial charge in [-0.1, -0.05) is 59.6 Å². The van der Waals surface area contributed by atoms with Gasteiger partial charge in [0.1, 0.15) is 12.1 Å². The van der Waals surface area contributed by atoms with Gasteiger partial charge in [-0.15, -0.1) is 5.10 Å². The Morgan fingerprint density at radius 2 is 1.66 bits per heavy atom. The fraction of sp³-hybridized carbons (Fsp3) is 0.447. The van der Waals surface area contributed by atoms with Crippen LogP contribution in [0.25, 0.3) is 5.69 Å². The lowest BCUT2D eigenvalue weighted by atomic mass is 9.71. The van der Waals surface area contributed by atoms with Gasteiger partial charge in [0, 0.05) is 52.2 Å². The molecule has 0 aliphatic carbocycles. The molecule has 2 N–H and O–H groups in total. The first-order chi connectivity index (χ1) is 25.6. The van der Waals surface area contributed by atoms with E-state index in [1.165, 1.54) is 18.1 Å². The van der Waals surface area contributed by atoms with E-state index in [-0.39, 0.29) is 24.3 Å². The molecule has 0 saturated carbocycles. The topological polar surface area (TPSA) is 140 Å². The van der Waals surface area contributed by atoms with Crippen LogP contribution in [0.2, 0.25) is 10.0 Å². The highest BCUT2D eigenvalue weighted by Crippen LogP contribution is 2.38. The van der Waals surface area contributed by atoms with E-state index in [0.717, 1.165) is 37.2 Å². The van der Waals surface area contributed by atoms with Crippen LogP contribution in [0.4, 0.5) is 0 Å². The summed E-state index contributed by atoms with van der Waals surface area (Å²) in [4.78, 5) is 36.4. The molecular formula is C38H46Cl2N8O5. The Balaban J connectivity index is 1.16. The number of aliphatic hydroxyl groups excluding tert-OH is 1. The average molecular weight is 766 g/mol. The maximum absolute atomic E-state index is 14.4. The number of β-amino-alcohol motifs (C(OH)–C–C–N with tert-alkyl or cyclic N) is 2. The smallest absolute Gasteiger partial charge is 0.257 e. The number of aliphatic hydroxyl groups is 2. The Morgan fingerprint density at radius 3 is 2.30 bits per heavy atom. The molecule has 2 aliphatic heterocycles. The molecule has 0 bridgehead atoms. The van der Waals surface area contributed by atoms with E-state index in [4.69, 9.17) is 27.9 Å². The van der Waals surface area contributed by atoms with Crippen LogP contribution < -0.4 is 4.74 Å². The number of amides is 2. The number of carbonyl (C=O) groups is 2. The van der Waals surface area contributed by atoms with Crippen LogP contribution in [0.3, 0.4) is 0 Å². The molecule has 6 rings (SSSR count). The number of likely N-dealkylation sites (tertiary alicyclic amines) is 1. The van der Waals surface area contributed by atoms with E-state index in [9.17, 15) is 19.8 Å². The second-order valence-electron chi connectivity index (χ2n) is 13.8. The van der Waals surface area contributed by atoms with Gasteiger partial charge in [0.15, 0.2) is 6.29 Å². The van der Waals surface area contributed by atoms with Gasteiger partial charge in [-0.3, -0.25) is 14.5 Å². The van der Waals surface area contributed by atoms with Crippen molar-refractivity contribution in [2.45, 2.75) is 36.9 Å². The fourth-order valence-corrected chi connectivity index (χ4v) is 7.89. The summed E-state index contributed by atoms with van der Waals surface area (Å²) in [7, 11) is 3.31. The van der Waals surface area contributed by atoms with E-state index in [1.807, 2.05) is 40.1 Å². The quantitative estimate of drug-likeness (QED) is 0.194. The summed E-state index contributed by atoms with van der Waals surface area (Å²) in [6, 6.07) is 21.0. The standard InChI is InChI=1S/C38H46Cl2N8O5/c1-44(36(51)31-23-30(9-11-34(31)53-2)48-26-41-42-43-48)24-28(27-8-10-32(39)33(40)22-27)12-15-45-16-13-38(14-17-45,29-6-4-3-5-7-29)37(52)47-20-18-46(19-21-47)25-35(49)50/h3-11,22-23,26,28,35,49-50H,12-21,24-25H2,1-2H3. The first kappa shape index (κ1) is 38.6. The van der Waals surface area contributed by atoms with E-state index < -0.39 is 11.7 Å². The van der Waals surface area contributed by atoms with Gasteiger partial charge in [-0.25, -0.2) is 4.68 Å². The highest BCUT2D eigenvalue weighted by Gasteiger charge is 2.45. The Hall–Kier alpha value is -4.11. The summed E-state index contributed by atoms with van der Waals surface area (Å²) < 4.78 is 7.05. The van der Waals surface area contributed by atoms with Gasteiger partial charge in [-0.2, -0.15) is 0 Å². The van der Waals surface area contributed by atoms with Crippen LogP contribution in [0.5, 0.6) is 5.75 Å². The van der Waals surface area contributed by atoms with Crippen molar-refractivity contribution in [3.05, 3.63) is 99.8 Å². The third-order valence-electron chi connectivity index (χ3n) is 10.6. The van der Waals surface area contributed by atoms with Crippen molar-refractivity contribution in [2.75, 3.05) is 73.1 Å². The van der Waals surface area contributed by atoms with Gasteiger partial charge in [0.2, 0.25) is 5.91 Å². The number of halogens is 2. The molecule has 2 aliphatic rings. The summed E-state index contributed by atoms with van der Waals surface area (Å²) in [5, 5.41) is 31.1. The lowest BCUT2D eigenvalue weighted by Gasteiger charge is -2.45. The molecule has 4 aromatic rings. The molecule has 3 heterocycles. The number of hydrogen-bond donors (Lipinski definition) is 2. The van der Waals surface area contributed by atoms with Crippen LogP contribution in [0.1, 0.15) is 46.7 Å². The number of carbonyl (C=O) groups excluding carboxylic acids is 2. The minimum Gasteiger partial charge on any atom is -0.496 e. The largest absolute Gasteiger partial charge is 0.496 e. The van der Waals surface area contributed by atoms with E-state index in [2.05, 4.69) is 32.6 Å². The summed E-state index contributed by atoms with van der Waals surface area (Å²) >= 11 is 12.8. The third kappa shape index (κ3) is 8.99. The van der Waals surface area contributed by atoms with Gasteiger partial charge in [0.05, 0.1) is 33.8 Å². The van der Waals surface area contributed by atoms with Crippen LogP contribution in [-0.2, 0) is 10.2 Å². The lowest BCUT2D eigenvalue weighted by Crippen LogP contribution is -2.58. The Kier molecular flexibility index (Phi) is 12.6. The average Bonchev–Trinajstić information content (AvgIpc) is 3.73. The summed E-state index contributed by atoms with van der Waals surface area (Å²) in [6.45, 7) is 5.13. The third-order valence-corrected chi connectivity index (χ3v) is 11.3. The number of tetrazole rings is 1. The summed E-state index contributed by atoms with van der Waals surface area (Å²) in [5.74, 6) is 0.309. The Bertz CT molecular complexity index is 1830. The molecule has 0 spiro atoms. The molecule has 13 nitrogen and oxygen atoms in total. The van der Waals surface area contributed by atoms with Gasteiger partial charge >= 0.3 is 0 Å². The number of likely N-dealkylation sites (N-methyl/N-ethyl adjacent to an activating group) is 1. The molecule has 2 fully saturated rings. The Labute approximate surface area is 319 Å². The van der Waals surface area contributed by atoms with E-state index in [0.29, 0.717) is 72.6 Å². The number of nitrogens with zero attached hydrogens (tertiary/aromatic N) is 8. The molecule has 2 amide bonds. The SMILES string of the molecule is COc1ccc(-n2cnnn2)cc1C(=O)N(C)CC(CCN1CCC(C(=O)N2CCN(CC(O)O)CC2)(c2ccccc2)CC1)c1ccc(Cl)c(Cl)c1. The van der Waals surface area contributed by atoms with Crippen LogP contribution >= 0.6 is 23.2 Å². The van der Waals surface area contributed by atoms with Crippen molar-refractivity contribution in [3.8, 4) is 11.4 Å². The maximum atomic E-state index is 14.4. The van der Waals surface area contributed by atoms with Gasteiger partial charge in [-0.05, 0) is 90.8 Å². The molecule has 1 atom stereocenters. The van der Waals surface area contributed by atoms with E-state index >= 15 is 0 Å². The zero-order chi connectivity index (χ0) is 37.5. The lowest BCUT2D eigenvalue weighted by molar-refractivity contribution is -0.142. The highest BCUT2D eigenvalue weighted by molar-refractivity contribution is 6.42. The highest BCUT2D eigenvalue weighted by atomic mass is 35.5. The van der Waals surface area contributed by atoms with E-state index in [1.54, 1.807) is 36.2 Å². The van der Waals surface area contributed by atoms with Crippen molar-refractivity contribution in [1.82, 2.24) is 39.8 Å². The minimum atomic E-state index is -1.39. The predicted molar refractivity (Wildman–Crippen MR) is 202 cm³/mol. The molecule has 3 aromatic carbocycles. The van der Waals surface area contributed by atoms with Crippen molar-refractivity contribution in [1.29, 1.82) is 0 Å². The number of piperidine rings is 1. The number of hydrogen-bond acceptors (Lipinski definition) is 10. The summed E-state index contributed by atoms with van der Waals surface area (Å²) in [5.41, 5.74) is 2.40. The molecule has 0 radical (unpaired) electrons. The molecule has 2 saturated heterocycles. The van der Waals surface area contributed by atoms with Crippen molar-refractivity contribution in [3.63, 3.8) is 0 Å². The number of benzene rings is 3. The van der Waals surface area contributed by atoms with Crippen molar-refractivity contribution in [2.24, 2.45) is 0 Å². The van der Waals surface area contributed by atoms with Crippen LogP contribution in [0, 0.1) is 0 Å².